The summed E-state index contributed by atoms with van der Waals surface area (Å²) in [5.74, 6) is 0.265. The minimum Gasteiger partial charge on any atom is -0.393 e. The molecule has 1 saturated carbocycles. The van der Waals surface area contributed by atoms with Crippen LogP contribution in [0.3, 0.4) is 0 Å². The lowest BCUT2D eigenvalue weighted by Gasteiger charge is -2.34. The first kappa shape index (κ1) is 15.2. The topological polar surface area (TPSA) is 109 Å². The SMILES string of the molecule is CNc1ncc([N+](=O)[O-])cc1C(=O)N(C)CC1CC(O)C1. The van der Waals surface area contributed by atoms with Crippen LogP contribution in [0.4, 0.5) is 11.5 Å². The van der Waals surface area contributed by atoms with Crippen LogP contribution in [0.1, 0.15) is 23.2 Å². The molecule has 0 bridgehead atoms. The van der Waals surface area contributed by atoms with Crippen LogP contribution in [-0.2, 0) is 0 Å². The van der Waals surface area contributed by atoms with E-state index in [4.69, 9.17) is 0 Å². The molecule has 0 unspecified atom stereocenters. The van der Waals surface area contributed by atoms with Gasteiger partial charge in [-0.15, -0.1) is 0 Å². The predicted octanol–water partition coefficient (Wildman–Crippen LogP) is 0.874. The summed E-state index contributed by atoms with van der Waals surface area (Å²) in [6, 6.07) is 1.23. The summed E-state index contributed by atoms with van der Waals surface area (Å²) in [5.41, 5.74) is -0.0427. The number of carbonyl (C=O) groups excluding carboxylic acids is 1. The van der Waals surface area contributed by atoms with Gasteiger partial charge in [0.05, 0.1) is 16.6 Å². The summed E-state index contributed by atoms with van der Waals surface area (Å²) in [4.78, 5) is 28.1. The van der Waals surface area contributed by atoms with Crippen LogP contribution in [0.15, 0.2) is 12.3 Å². The summed E-state index contributed by atoms with van der Waals surface area (Å²) < 4.78 is 0. The first-order valence-corrected chi connectivity index (χ1v) is 6.68. The van der Waals surface area contributed by atoms with Crippen molar-refractivity contribution in [2.24, 2.45) is 5.92 Å². The average molecular weight is 294 g/mol. The summed E-state index contributed by atoms with van der Waals surface area (Å²) in [6.07, 6.45) is 2.21. The van der Waals surface area contributed by atoms with E-state index in [0.717, 1.165) is 6.20 Å². The van der Waals surface area contributed by atoms with Gasteiger partial charge in [0, 0.05) is 26.7 Å². The molecule has 1 aliphatic rings. The molecule has 1 heterocycles. The van der Waals surface area contributed by atoms with Gasteiger partial charge < -0.3 is 15.3 Å². The Morgan fingerprint density at radius 2 is 2.29 bits per heavy atom. The van der Waals surface area contributed by atoms with Crippen molar-refractivity contribution < 1.29 is 14.8 Å². The Labute approximate surface area is 121 Å². The molecule has 1 aromatic heterocycles. The molecule has 2 N–H and O–H groups in total. The standard InChI is InChI=1S/C13H18N4O4/c1-14-12-11(5-9(6-15-12)17(20)21)13(19)16(2)7-8-3-10(18)4-8/h5-6,8,10,18H,3-4,7H2,1-2H3,(H,14,15). The number of aliphatic hydroxyl groups is 1. The number of rotatable bonds is 5. The third-order valence-corrected chi connectivity index (χ3v) is 3.64. The molecule has 114 valence electrons. The van der Waals surface area contributed by atoms with E-state index in [0.29, 0.717) is 25.2 Å². The van der Waals surface area contributed by atoms with Crippen molar-refractivity contribution in [2.75, 3.05) is 26.0 Å². The third kappa shape index (κ3) is 3.27. The molecule has 8 heteroatoms. The zero-order valence-corrected chi connectivity index (χ0v) is 11.9. The summed E-state index contributed by atoms with van der Waals surface area (Å²) >= 11 is 0. The van der Waals surface area contributed by atoms with Gasteiger partial charge in [0.25, 0.3) is 11.6 Å². The zero-order valence-electron chi connectivity index (χ0n) is 11.9. The van der Waals surface area contributed by atoms with Crippen molar-refractivity contribution in [3.8, 4) is 0 Å². The van der Waals surface area contributed by atoms with Gasteiger partial charge in [0.15, 0.2) is 0 Å². The number of carbonyl (C=O) groups is 1. The molecule has 0 saturated heterocycles. The lowest BCUT2D eigenvalue weighted by Crippen LogP contribution is -2.39. The van der Waals surface area contributed by atoms with Gasteiger partial charge in [0.2, 0.25) is 0 Å². The van der Waals surface area contributed by atoms with Crippen LogP contribution < -0.4 is 5.32 Å². The maximum atomic E-state index is 12.4. The number of hydrogen-bond donors (Lipinski definition) is 2. The smallest absolute Gasteiger partial charge is 0.288 e. The first-order valence-electron chi connectivity index (χ1n) is 6.68. The van der Waals surface area contributed by atoms with Gasteiger partial charge in [0.1, 0.15) is 12.0 Å². The number of nitrogens with one attached hydrogen (secondary N) is 1. The van der Waals surface area contributed by atoms with Crippen LogP contribution >= 0.6 is 0 Å². The molecule has 0 aromatic carbocycles. The number of aliphatic hydroxyl groups excluding tert-OH is 1. The van der Waals surface area contributed by atoms with Crippen molar-refractivity contribution in [3.63, 3.8) is 0 Å². The number of hydrogen-bond acceptors (Lipinski definition) is 6. The molecule has 1 aromatic rings. The van der Waals surface area contributed by atoms with E-state index in [2.05, 4.69) is 10.3 Å². The minimum absolute atomic E-state index is 0.175. The third-order valence-electron chi connectivity index (χ3n) is 3.64. The molecule has 1 aliphatic carbocycles. The Balaban J connectivity index is 2.16. The van der Waals surface area contributed by atoms with Crippen LogP contribution in [-0.4, -0.2) is 52.6 Å². The fourth-order valence-corrected chi connectivity index (χ4v) is 2.44. The predicted molar refractivity (Wildman–Crippen MR) is 76.1 cm³/mol. The maximum Gasteiger partial charge on any atom is 0.288 e. The van der Waals surface area contributed by atoms with Gasteiger partial charge in [-0.3, -0.25) is 14.9 Å². The molecule has 8 nitrogen and oxygen atoms in total. The number of aromatic nitrogens is 1. The van der Waals surface area contributed by atoms with E-state index >= 15 is 0 Å². The highest BCUT2D eigenvalue weighted by atomic mass is 16.6. The van der Waals surface area contributed by atoms with Crippen LogP contribution in [0.25, 0.3) is 0 Å². The van der Waals surface area contributed by atoms with Crippen molar-refractivity contribution in [1.29, 1.82) is 0 Å². The average Bonchev–Trinajstić information content (AvgIpc) is 2.43. The Kier molecular flexibility index (Phi) is 4.37. The van der Waals surface area contributed by atoms with E-state index in [-0.39, 0.29) is 29.2 Å². The Hall–Kier alpha value is -2.22. The van der Waals surface area contributed by atoms with Crippen molar-refractivity contribution in [3.05, 3.63) is 27.9 Å². The van der Waals surface area contributed by atoms with Gasteiger partial charge in [-0.05, 0) is 18.8 Å². The lowest BCUT2D eigenvalue weighted by molar-refractivity contribution is -0.385. The molecular weight excluding hydrogens is 276 g/mol. The van der Waals surface area contributed by atoms with Crippen LogP contribution in [0.5, 0.6) is 0 Å². The van der Waals surface area contributed by atoms with Crippen LogP contribution in [0, 0.1) is 16.0 Å². The largest absolute Gasteiger partial charge is 0.393 e. The number of amides is 1. The van der Waals surface area contributed by atoms with Gasteiger partial charge in [-0.2, -0.15) is 0 Å². The molecule has 1 amide bonds. The molecule has 0 radical (unpaired) electrons. The minimum atomic E-state index is -0.578. The maximum absolute atomic E-state index is 12.4. The summed E-state index contributed by atoms with van der Waals surface area (Å²) in [6.45, 7) is 0.516. The Bertz CT molecular complexity index is 557. The van der Waals surface area contributed by atoms with Crippen molar-refractivity contribution >= 4 is 17.4 Å². The van der Waals surface area contributed by atoms with E-state index in [9.17, 15) is 20.0 Å². The molecule has 2 rings (SSSR count). The van der Waals surface area contributed by atoms with E-state index in [1.54, 1.807) is 14.1 Å². The quantitative estimate of drug-likeness (QED) is 0.616. The number of anilines is 1. The lowest BCUT2D eigenvalue weighted by atomic mass is 9.82. The second-order valence-electron chi connectivity index (χ2n) is 5.27. The molecule has 1 fully saturated rings. The first-order chi connectivity index (χ1) is 9.92. The molecule has 21 heavy (non-hydrogen) atoms. The summed E-state index contributed by atoms with van der Waals surface area (Å²) in [5, 5.41) is 22.8. The number of nitrogens with zero attached hydrogens (tertiary/aromatic N) is 3. The Morgan fingerprint density at radius 3 is 2.81 bits per heavy atom. The fraction of sp³-hybridized carbons (Fsp3) is 0.538. The number of pyridine rings is 1. The van der Waals surface area contributed by atoms with Crippen molar-refractivity contribution in [2.45, 2.75) is 18.9 Å². The highest BCUT2D eigenvalue weighted by Crippen LogP contribution is 2.28. The van der Waals surface area contributed by atoms with Crippen molar-refractivity contribution in [1.82, 2.24) is 9.88 Å². The van der Waals surface area contributed by atoms with Gasteiger partial charge in [-0.25, -0.2) is 4.98 Å². The molecule has 0 spiro atoms. The second-order valence-corrected chi connectivity index (χ2v) is 5.27. The van der Waals surface area contributed by atoms with E-state index in [1.807, 2.05) is 0 Å². The van der Waals surface area contributed by atoms with Gasteiger partial charge in [-0.1, -0.05) is 0 Å². The summed E-state index contributed by atoms with van der Waals surface area (Å²) in [7, 11) is 3.25. The number of nitro groups is 1. The fourth-order valence-electron chi connectivity index (χ4n) is 2.44. The normalized spacial score (nSPS) is 20.5. The zero-order chi connectivity index (χ0) is 15.6. The van der Waals surface area contributed by atoms with Gasteiger partial charge >= 0.3 is 0 Å². The van der Waals surface area contributed by atoms with E-state index in [1.165, 1.54) is 11.0 Å². The second kappa shape index (κ2) is 6.04. The van der Waals surface area contributed by atoms with E-state index < -0.39 is 4.92 Å². The highest BCUT2D eigenvalue weighted by Gasteiger charge is 2.30. The molecule has 0 atom stereocenters. The Morgan fingerprint density at radius 1 is 1.62 bits per heavy atom. The highest BCUT2D eigenvalue weighted by molar-refractivity contribution is 5.99. The van der Waals surface area contributed by atoms with Crippen LogP contribution in [0.2, 0.25) is 0 Å². The monoisotopic (exact) mass is 294 g/mol. The molecule has 0 aliphatic heterocycles. The molecular formula is C13H18N4O4.